The molecule has 2 fully saturated rings. The van der Waals surface area contributed by atoms with Crippen LogP contribution in [0, 0.1) is 11.8 Å². The molecule has 0 aliphatic heterocycles. The van der Waals surface area contributed by atoms with Crippen molar-refractivity contribution in [3.63, 3.8) is 0 Å². The van der Waals surface area contributed by atoms with Crippen LogP contribution in [0.2, 0.25) is 0 Å². The fourth-order valence-corrected chi connectivity index (χ4v) is 3.52. The van der Waals surface area contributed by atoms with Crippen molar-refractivity contribution in [1.82, 2.24) is 5.32 Å². The van der Waals surface area contributed by atoms with Gasteiger partial charge in [-0.2, -0.15) is 0 Å². The van der Waals surface area contributed by atoms with Crippen molar-refractivity contribution < 1.29 is 0 Å². The van der Waals surface area contributed by atoms with Gasteiger partial charge in [0.05, 0.1) is 0 Å². The van der Waals surface area contributed by atoms with Gasteiger partial charge in [-0.05, 0) is 44.1 Å². The van der Waals surface area contributed by atoms with Crippen LogP contribution in [-0.4, -0.2) is 12.6 Å². The molecular weight excluding hydrogens is 194 g/mol. The molecule has 0 aromatic rings. The first-order valence-corrected chi connectivity index (χ1v) is 7.58. The average Bonchev–Trinajstić information content (AvgIpc) is 2.55. The lowest BCUT2D eigenvalue weighted by Gasteiger charge is -2.29. The molecule has 0 amide bonds. The topological polar surface area (TPSA) is 12.0 Å². The molecule has 0 radical (unpaired) electrons. The minimum atomic E-state index is 0.840. The number of hydrogen-bond acceptors (Lipinski definition) is 1. The summed E-state index contributed by atoms with van der Waals surface area (Å²) in [6.45, 7) is 3.72. The van der Waals surface area contributed by atoms with E-state index in [-0.39, 0.29) is 0 Å². The summed E-state index contributed by atoms with van der Waals surface area (Å²) in [6, 6.07) is 0.840. The third-order valence-corrected chi connectivity index (χ3v) is 4.61. The van der Waals surface area contributed by atoms with Gasteiger partial charge >= 0.3 is 0 Å². The summed E-state index contributed by atoms with van der Waals surface area (Å²) in [7, 11) is 0. The Labute approximate surface area is 101 Å². The summed E-state index contributed by atoms with van der Waals surface area (Å²) in [6.07, 6.45) is 14.6. The Balaban J connectivity index is 1.65. The first kappa shape index (κ1) is 12.4. The maximum Gasteiger partial charge on any atom is 0.00697 e. The first-order valence-electron chi connectivity index (χ1n) is 7.58. The van der Waals surface area contributed by atoms with Gasteiger partial charge in [0.15, 0.2) is 0 Å². The summed E-state index contributed by atoms with van der Waals surface area (Å²) in [5.41, 5.74) is 0. The molecule has 2 atom stereocenters. The van der Waals surface area contributed by atoms with E-state index in [1.165, 1.54) is 70.8 Å². The standard InChI is InChI=1S/C15H29N/c1-13-7-6-10-15(11-13)16-12-14-8-4-2-3-5-9-14/h13-16H,2-12H2,1H3. The van der Waals surface area contributed by atoms with Gasteiger partial charge in [0.1, 0.15) is 0 Å². The molecule has 0 aromatic heterocycles. The molecule has 0 bridgehead atoms. The van der Waals surface area contributed by atoms with Crippen LogP contribution >= 0.6 is 0 Å². The smallest absolute Gasteiger partial charge is 0.00697 e. The highest BCUT2D eigenvalue weighted by molar-refractivity contribution is 4.77. The first-order chi connectivity index (χ1) is 7.84. The van der Waals surface area contributed by atoms with Crippen molar-refractivity contribution in [1.29, 1.82) is 0 Å². The summed E-state index contributed by atoms with van der Waals surface area (Å²) < 4.78 is 0. The van der Waals surface area contributed by atoms with Gasteiger partial charge in [-0.15, -0.1) is 0 Å². The van der Waals surface area contributed by atoms with Gasteiger partial charge in [-0.1, -0.05) is 45.4 Å². The van der Waals surface area contributed by atoms with Crippen molar-refractivity contribution in [2.24, 2.45) is 11.8 Å². The predicted molar refractivity (Wildman–Crippen MR) is 70.6 cm³/mol. The molecule has 2 rings (SSSR count). The number of nitrogens with one attached hydrogen (secondary N) is 1. The highest BCUT2D eigenvalue weighted by atomic mass is 14.9. The molecule has 16 heavy (non-hydrogen) atoms. The van der Waals surface area contributed by atoms with E-state index in [0.29, 0.717) is 0 Å². The lowest BCUT2D eigenvalue weighted by atomic mass is 9.86. The second-order valence-electron chi connectivity index (χ2n) is 6.23. The van der Waals surface area contributed by atoms with Crippen molar-refractivity contribution in [3.8, 4) is 0 Å². The molecule has 2 aliphatic carbocycles. The lowest BCUT2D eigenvalue weighted by Crippen LogP contribution is -2.36. The quantitative estimate of drug-likeness (QED) is 0.710. The van der Waals surface area contributed by atoms with E-state index in [0.717, 1.165) is 17.9 Å². The zero-order valence-corrected chi connectivity index (χ0v) is 11.0. The third kappa shape index (κ3) is 4.08. The monoisotopic (exact) mass is 223 g/mol. The zero-order valence-electron chi connectivity index (χ0n) is 11.0. The Hall–Kier alpha value is -0.0400. The molecule has 0 spiro atoms. The minimum absolute atomic E-state index is 0.840. The van der Waals surface area contributed by atoms with E-state index in [2.05, 4.69) is 12.2 Å². The van der Waals surface area contributed by atoms with Gasteiger partial charge in [0.25, 0.3) is 0 Å². The van der Waals surface area contributed by atoms with Crippen molar-refractivity contribution in [2.75, 3.05) is 6.54 Å². The Morgan fingerprint density at radius 3 is 2.31 bits per heavy atom. The van der Waals surface area contributed by atoms with E-state index in [9.17, 15) is 0 Å². The van der Waals surface area contributed by atoms with Crippen LogP contribution in [0.15, 0.2) is 0 Å². The zero-order chi connectivity index (χ0) is 11.2. The summed E-state index contributed by atoms with van der Waals surface area (Å²) in [5.74, 6) is 1.94. The third-order valence-electron chi connectivity index (χ3n) is 4.61. The second kappa shape index (κ2) is 6.64. The molecule has 1 N–H and O–H groups in total. The maximum absolute atomic E-state index is 3.85. The molecule has 0 heterocycles. The van der Waals surface area contributed by atoms with Gasteiger partial charge in [0.2, 0.25) is 0 Å². The SMILES string of the molecule is CC1CCCC(NCC2CCCCCC2)C1. The normalized spacial score (nSPS) is 33.6. The van der Waals surface area contributed by atoms with Crippen LogP contribution in [0.1, 0.15) is 71.1 Å². The van der Waals surface area contributed by atoms with Crippen LogP contribution in [-0.2, 0) is 0 Å². The molecule has 2 saturated carbocycles. The van der Waals surface area contributed by atoms with E-state index < -0.39 is 0 Å². The fraction of sp³-hybridized carbons (Fsp3) is 1.00. The van der Waals surface area contributed by atoms with Crippen LogP contribution in [0.4, 0.5) is 0 Å². The molecule has 0 saturated heterocycles. The Bertz CT molecular complexity index is 180. The molecule has 0 aromatic carbocycles. The van der Waals surface area contributed by atoms with Crippen molar-refractivity contribution in [2.45, 2.75) is 77.2 Å². The lowest BCUT2D eigenvalue weighted by molar-refractivity contribution is 0.283. The summed E-state index contributed by atoms with van der Waals surface area (Å²) >= 11 is 0. The van der Waals surface area contributed by atoms with Crippen LogP contribution in [0.5, 0.6) is 0 Å². The predicted octanol–water partition coefficient (Wildman–Crippen LogP) is 4.13. The number of hydrogen-bond donors (Lipinski definition) is 1. The molecular formula is C15H29N. The molecule has 2 unspecified atom stereocenters. The van der Waals surface area contributed by atoms with E-state index in [1.807, 2.05) is 0 Å². The van der Waals surface area contributed by atoms with E-state index >= 15 is 0 Å². The Kier molecular flexibility index (Phi) is 5.15. The van der Waals surface area contributed by atoms with Gasteiger partial charge in [-0.3, -0.25) is 0 Å². The number of rotatable bonds is 3. The van der Waals surface area contributed by atoms with Gasteiger partial charge in [-0.25, -0.2) is 0 Å². The summed E-state index contributed by atoms with van der Waals surface area (Å²) in [5, 5.41) is 3.85. The maximum atomic E-state index is 3.85. The highest BCUT2D eigenvalue weighted by Gasteiger charge is 2.19. The van der Waals surface area contributed by atoms with Crippen molar-refractivity contribution in [3.05, 3.63) is 0 Å². The second-order valence-corrected chi connectivity index (χ2v) is 6.23. The van der Waals surface area contributed by atoms with Gasteiger partial charge in [0, 0.05) is 6.04 Å². The van der Waals surface area contributed by atoms with Crippen LogP contribution < -0.4 is 5.32 Å². The molecule has 1 nitrogen and oxygen atoms in total. The highest BCUT2D eigenvalue weighted by Crippen LogP contribution is 2.25. The van der Waals surface area contributed by atoms with Crippen LogP contribution in [0.25, 0.3) is 0 Å². The van der Waals surface area contributed by atoms with Gasteiger partial charge < -0.3 is 5.32 Å². The van der Waals surface area contributed by atoms with E-state index in [4.69, 9.17) is 0 Å². The Morgan fingerprint density at radius 1 is 0.875 bits per heavy atom. The fourth-order valence-electron chi connectivity index (χ4n) is 3.52. The van der Waals surface area contributed by atoms with Crippen LogP contribution in [0.3, 0.4) is 0 Å². The molecule has 1 heteroatoms. The van der Waals surface area contributed by atoms with E-state index in [1.54, 1.807) is 0 Å². The minimum Gasteiger partial charge on any atom is -0.314 e. The van der Waals surface area contributed by atoms with Crippen molar-refractivity contribution >= 4 is 0 Å². The largest absolute Gasteiger partial charge is 0.314 e. The Morgan fingerprint density at radius 2 is 1.62 bits per heavy atom. The molecule has 2 aliphatic rings. The summed E-state index contributed by atoms with van der Waals surface area (Å²) in [4.78, 5) is 0. The average molecular weight is 223 g/mol. The molecule has 94 valence electrons.